The first-order chi connectivity index (χ1) is 15.4. The van der Waals surface area contributed by atoms with E-state index >= 15 is 0 Å². The van der Waals surface area contributed by atoms with Crippen LogP contribution in [-0.2, 0) is 9.78 Å². The molecule has 0 aromatic carbocycles. The molecule has 0 radical (unpaired) electrons. The summed E-state index contributed by atoms with van der Waals surface area (Å²) in [5, 5.41) is 10.5. The number of hydrogen-bond donors (Lipinski definition) is 1. The highest BCUT2D eigenvalue weighted by Gasteiger charge is 2.75. The van der Waals surface area contributed by atoms with Gasteiger partial charge in [-0.1, -0.05) is 54.5 Å². The quantitative estimate of drug-likeness (QED) is 0.368. The maximum Gasteiger partial charge on any atom is 0.130 e. The van der Waals surface area contributed by atoms with Gasteiger partial charge in [-0.15, -0.1) is 0 Å². The minimum absolute atomic E-state index is 0.0754. The average molecular weight is 457 g/mol. The van der Waals surface area contributed by atoms with Crippen LogP contribution in [0.15, 0.2) is 12.2 Å². The first-order valence-electron chi connectivity index (χ1n) is 14.2. The Labute approximate surface area is 202 Å². The summed E-state index contributed by atoms with van der Waals surface area (Å²) >= 11 is 0. The van der Waals surface area contributed by atoms with Crippen LogP contribution in [0.25, 0.3) is 0 Å². The monoisotopic (exact) mass is 456 g/mol. The Morgan fingerprint density at radius 1 is 0.818 bits per heavy atom. The van der Waals surface area contributed by atoms with Crippen LogP contribution in [0.4, 0.5) is 0 Å². The second-order valence-corrected chi connectivity index (χ2v) is 14.6. The number of aliphatic hydroxyl groups excluding tert-OH is 1. The minimum Gasteiger partial charge on any atom is -0.393 e. The predicted molar refractivity (Wildman–Crippen MR) is 131 cm³/mol. The maximum atomic E-state index is 10.5. The first-order valence-corrected chi connectivity index (χ1v) is 14.2. The van der Waals surface area contributed by atoms with Crippen molar-refractivity contribution < 1.29 is 14.9 Å². The van der Waals surface area contributed by atoms with Crippen LogP contribution in [0.3, 0.4) is 0 Å². The Kier molecular flexibility index (Phi) is 4.81. The topological polar surface area (TPSA) is 38.7 Å². The van der Waals surface area contributed by atoms with Crippen molar-refractivity contribution in [3.63, 3.8) is 0 Å². The summed E-state index contributed by atoms with van der Waals surface area (Å²) in [7, 11) is 0. The molecule has 1 N–H and O–H groups in total. The Bertz CT molecular complexity index is 851. The van der Waals surface area contributed by atoms with E-state index in [1.54, 1.807) is 0 Å². The molecule has 2 aliphatic heterocycles. The van der Waals surface area contributed by atoms with Crippen LogP contribution in [0.1, 0.15) is 99.8 Å². The van der Waals surface area contributed by atoms with Gasteiger partial charge in [0, 0.05) is 23.7 Å². The predicted octanol–water partition coefficient (Wildman–Crippen LogP) is 6.94. The molecule has 7 rings (SSSR count). The zero-order valence-electron chi connectivity index (χ0n) is 22.2. The summed E-state index contributed by atoms with van der Waals surface area (Å²) in [5.41, 5.74) is 0.238. The van der Waals surface area contributed by atoms with Gasteiger partial charge in [-0.2, -0.15) is 0 Å². The molecule has 4 saturated carbocycles. The third-order valence-electron chi connectivity index (χ3n) is 13.3. The van der Waals surface area contributed by atoms with Gasteiger partial charge < -0.3 is 5.11 Å². The van der Waals surface area contributed by atoms with E-state index in [0.29, 0.717) is 29.1 Å². The lowest BCUT2D eigenvalue weighted by Gasteiger charge is -2.69. The zero-order valence-corrected chi connectivity index (χ0v) is 22.2. The standard InChI is InChI=1S/C30H48O3/c1-18(2)20(4)27(6)17-23(27)19(3)22-8-9-24-26(22,5)12-11-25-28(7)13-10-21(31)16-29(28)14-15-30(24,25)33-32-29/h14-15,18-25,31H,8-13,16-17H2,1-7H3. The summed E-state index contributed by atoms with van der Waals surface area (Å²) in [6.07, 6.45) is 13.7. The van der Waals surface area contributed by atoms with Gasteiger partial charge in [0.2, 0.25) is 0 Å². The summed E-state index contributed by atoms with van der Waals surface area (Å²) in [4.78, 5) is 12.9. The molecule has 2 spiro atoms. The van der Waals surface area contributed by atoms with Crippen molar-refractivity contribution >= 4 is 0 Å². The van der Waals surface area contributed by atoms with Gasteiger partial charge in [0.1, 0.15) is 11.2 Å². The first kappa shape index (κ1) is 23.0. The van der Waals surface area contributed by atoms with E-state index in [4.69, 9.17) is 9.78 Å². The fourth-order valence-electron chi connectivity index (χ4n) is 10.8. The molecule has 3 heteroatoms. The molecule has 1 saturated heterocycles. The summed E-state index contributed by atoms with van der Waals surface area (Å²) in [5.74, 6) is 5.07. The summed E-state index contributed by atoms with van der Waals surface area (Å²) in [6, 6.07) is 0. The van der Waals surface area contributed by atoms with Crippen molar-refractivity contribution in [2.75, 3.05) is 0 Å². The van der Waals surface area contributed by atoms with E-state index in [0.717, 1.165) is 42.4 Å². The lowest BCUT2D eigenvalue weighted by atomic mass is 9.42. The Morgan fingerprint density at radius 3 is 2.24 bits per heavy atom. The van der Waals surface area contributed by atoms with Crippen molar-refractivity contribution in [2.45, 2.75) is 117 Å². The van der Waals surface area contributed by atoms with Crippen molar-refractivity contribution in [3.05, 3.63) is 12.2 Å². The fraction of sp³-hybridized carbons (Fsp3) is 0.933. The van der Waals surface area contributed by atoms with Gasteiger partial charge in [-0.05, 0) is 91.4 Å². The Morgan fingerprint density at radius 2 is 1.58 bits per heavy atom. The van der Waals surface area contributed by atoms with E-state index < -0.39 is 5.60 Å². The van der Waals surface area contributed by atoms with Crippen molar-refractivity contribution in [2.24, 2.45) is 57.7 Å². The summed E-state index contributed by atoms with van der Waals surface area (Å²) < 4.78 is 0. The van der Waals surface area contributed by atoms with Crippen molar-refractivity contribution in [1.82, 2.24) is 0 Å². The van der Waals surface area contributed by atoms with Gasteiger partial charge in [0.25, 0.3) is 0 Å². The highest BCUT2D eigenvalue weighted by atomic mass is 17.2. The largest absolute Gasteiger partial charge is 0.393 e. The van der Waals surface area contributed by atoms with Gasteiger partial charge in [-0.25, -0.2) is 9.78 Å². The lowest BCUT2D eigenvalue weighted by molar-refractivity contribution is -0.497. The van der Waals surface area contributed by atoms with Gasteiger partial charge in [0.15, 0.2) is 0 Å². The molecule has 33 heavy (non-hydrogen) atoms. The van der Waals surface area contributed by atoms with Crippen LogP contribution >= 0.6 is 0 Å². The SMILES string of the molecule is CC(C)C(C)C1(C)CC1C(C)C1CCC2C1(C)CCC1C23C=CC2(CC(O)CCC12C)OO3. The molecule has 12 unspecified atom stereocenters. The molecule has 5 fully saturated rings. The highest BCUT2D eigenvalue weighted by Crippen LogP contribution is 2.74. The smallest absolute Gasteiger partial charge is 0.130 e. The van der Waals surface area contributed by atoms with Crippen LogP contribution in [-0.4, -0.2) is 22.4 Å². The molecular weight excluding hydrogens is 408 g/mol. The van der Waals surface area contributed by atoms with E-state index in [2.05, 4.69) is 60.6 Å². The van der Waals surface area contributed by atoms with E-state index in [1.165, 1.54) is 32.1 Å². The molecular formula is C30H48O3. The molecule has 0 amide bonds. The molecule has 5 aliphatic carbocycles. The molecule has 0 aromatic heterocycles. The molecule has 2 heterocycles. The number of rotatable bonds is 4. The number of fused-ring (bicyclic) bond motifs is 2. The lowest BCUT2D eigenvalue weighted by Crippen LogP contribution is -2.73. The average Bonchev–Trinajstić information content (AvgIpc) is 3.33. The second-order valence-electron chi connectivity index (χ2n) is 14.6. The normalized spacial score (nSPS) is 58.5. The van der Waals surface area contributed by atoms with Crippen LogP contribution in [0.5, 0.6) is 0 Å². The number of aliphatic hydroxyl groups is 1. The maximum absolute atomic E-state index is 10.5. The Balaban J connectivity index is 1.30. The zero-order chi connectivity index (χ0) is 23.6. The van der Waals surface area contributed by atoms with Crippen molar-refractivity contribution in [1.29, 1.82) is 0 Å². The summed E-state index contributed by atoms with van der Waals surface area (Å²) in [6.45, 7) is 17.5. The third kappa shape index (κ3) is 2.69. The highest BCUT2D eigenvalue weighted by molar-refractivity contribution is 5.33. The van der Waals surface area contributed by atoms with Crippen molar-refractivity contribution in [3.8, 4) is 0 Å². The third-order valence-corrected chi connectivity index (χ3v) is 13.3. The Hall–Kier alpha value is -0.380. The van der Waals surface area contributed by atoms with E-state index in [9.17, 15) is 5.11 Å². The van der Waals surface area contributed by atoms with Crippen LogP contribution in [0.2, 0.25) is 0 Å². The van der Waals surface area contributed by atoms with Crippen LogP contribution in [0, 0.1) is 57.7 Å². The van der Waals surface area contributed by atoms with E-state index in [-0.39, 0.29) is 17.1 Å². The van der Waals surface area contributed by atoms with Gasteiger partial charge in [-0.3, -0.25) is 0 Å². The van der Waals surface area contributed by atoms with Gasteiger partial charge in [0.05, 0.1) is 6.10 Å². The fourth-order valence-corrected chi connectivity index (χ4v) is 10.8. The molecule has 2 bridgehead atoms. The molecule has 7 aliphatic rings. The minimum atomic E-state index is -0.432. The molecule has 0 aromatic rings. The number of hydrogen-bond acceptors (Lipinski definition) is 3. The molecule has 12 atom stereocenters. The van der Waals surface area contributed by atoms with Gasteiger partial charge >= 0.3 is 0 Å². The second kappa shape index (κ2) is 6.88. The molecule has 186 valence electrons. The van der Waals surface area contributed by atoms with E-state index in [1.807, 2.05) is 0 Å². The van der Waals surface area contributed by atoms with Crippen LogP contribution < -0.4 is 0 Å². The molecule has 3 nitrogen and oxygen atoms in total.